The standard InChI is InChI=1S/C10H17N3O/c1-4-6-13-7-5-11-8-9(13)10(14)12(2)3/h1,9,11H,5-8H2,2-3H3. The Hall–Kier alpha value is -1.05. The largest absolute Gasteiger partial charge is 0.347 e. The zero-order valence-electron chi connectivity index (χ0n) is 8.79. The van der Waals surface area contributed by atoms with E-state index >= 15 is 0 Å². The summed E-state index contributed by atoms with van der Waals surface area (Å²) >= 11 is 0. The van der Waals surface area contributed by atoms with Gasteiger partial charge in [0.2, 0.25) is 5.91 Å². The first-order chi connectivity index (χ1) is 6.66. The average molecular weight is 195 g/mol. The number of nitrogens with one attached hydrogen (secondary N) is 1. The summed E-state index contributed by atoms with van der Waals surface area (Å²) in [7, 11) is 3.54. The van der Waals surface area contributed by atoms with Crippen LogP contribution >= 0.6 is 0 Å². The fourth-order valence-corrected chi connectivity index (χ4v) is 1.59. The van der Waals surface area contributed by atoms with Crippen LogP contribution in [-0.2, 0) is 4.79 Å². The monoisotopic (exact) mass is 195 g/mol. The third-order valence-electron chi connectivity index (χ3n) is 2.37. The topological polar surface area (TPSA) is 35.6 Å². The Morgan fingerprint density at radius 3 is 3.00 bits per heavy atom. The average Bonchev–Trinajstić information content (AvgIpc) is 2.18. The van der Waals surface area contributed by atoms with Gasteiger partial charge in [-0.25, -0.2) is 0 Å². The number of hydrogen-bond acceptors (Lipinski definition) is 3. The van der Waals surface area contributed by atoms with Gasteiger partial charge in [0.1, 0.15) is 6.04 Å². The molecule has 1 heterocycles. The zero-order valence-corrected chi connectivity index (χ0v) is 8.79. The van der Waals surface area contributed by atoms with E-state index in [4.69, 9.17) is 6.42 Å². The van der Waals surface area contributed by atoms with E-state index in [1.54, 1.807) is 19.0 Å². The van der Waals surface area contributed by atoms with Crippen molar-refractivity contribution in [3.05, 3.63) is 0 Å². The third kappa shape index (κ3) is 2.47. The van der Waals surface area contributed by atoms with Gasteiger partial charge in [0.25, 0.3) is 0 Å². The van der Waals surface area contributed by atoms with Crippen LogP contribution in [0.15, 0.2) is 0 Å². The smallest absolute Gasteiger partial charge is 0.240 e. The minimum Gasteiger partial charge on any atom is -0.347 e. The molecule has 1 unspecified atom stereocenters. The van der Waals surface area contributed by atoms with Crippen molar-refractivity contribution in [2.45, 2.75) is 6.04 Å². The van der Waals surface area contributed by atoms with Gasteiger partial charge in [0.15, 0.2) is 0 Å². The maximum absolute atomic E-state index is 11.8. The molecule has 1 amide bonds. The molecule has 0 radical (unpaired) electrons. The fourth-order valence-electron chi connectivity index (χ4n) is 1.59. The van der Waals surface area contributed by atoms with E-state index in [2.05, 4.69) is 11.2 Å². The van der Waals surface area contributed by atoms with Crippen molar-refractivity contribution in [1.29, 1.82) is 0 Å². The van der Waals surface area contributed by atoms with Crippen LogP contribution in [0.2, 0.25) is 0 Å². The lowest BCUT2D eigenvalue weighted by molar-refractivity contribution is -0.134. The second-order valence-electron chi connectivity index (χ2n) is 3.63. The minimum absolute atomic E-state index is 0.102. The van der Waals surface area contributed by atoms with Gasteiger partial charge in [-0.1, -0.05) is 5.92 Å². The molecule has 1 rings (SSSR count). The van der Waals surface area contributed by atoms with E-state index in [0.717, 1.165) is 13.1 Å². The number of rotatable bonds is 2. The van der Waals surface area contributed by atoms with Crippen LogP contribution in [0.25, 0.3) is 0 Å². The summed E-state index contributed by atoms with van der Waals surface area (Å²) in [4.78, 5) is 15.4. The Morgan fingerprint density at radius 2 is 2.43 bits per heavy atom. The first-order valence-electron chi connectivity index (χ1n) is 4.76. The van der Waals surface area contributed by atoms with Crippen LogP contribution < -0.4 is 5.32 Å². The Bertz CT molecular complexity index is 244. The van der Waals surface area contributed by atoms with Crippen LogP contribution in [0, 0.1) is 12.3 Å². The van der Waals surface area contributed by atoms with Crippen molar-refractivity contribution in [3.8, 4) is 12.3 Å². The zero-order chi connectivity index (χ0) is 10.6. The van der Waals surface area contributed by atoms with Gasteiger partial charge >= 0.3 is 0 Å². The van der Waals surface area contributed by atoms with Crippen LogP contribution in [0.3, 0.4) is 0 Å². The molecule has 0 spiro atoms. The molecule has 1 aliphatic heterocycles. The molecule has 0 aliphatic carbocycles. The van der Waals surface area contributed by atoms with Crippen molar-refractivity contribution in [2.24, 2.45) is 0 Å². The third-order valence-corrected chi connectivity index (χ3v) is 2.37. The first-order valence-corrected chi connectivity index (χ1v) is 4.76. The number of hydrogen-bond donors (Lipinski definition) is 1. The number of amides is 1. The van der Waals surface area contributed by atoms with Gasteiger partial charge in [0, 0.05) is 33.7 Å². The molecular formula is C10H17N3O. The van der Waals surface area contributed by atoms with Crippen LogP contribution in [0.1, 0.15) is 0 Å². The Balaban J connectivity index is 2.63. The van der Waals surface area contributed by atoms with Crippen molar-refractivity contribution in [3.63, 3.8) is 0 Å². The Kier molecular flexibility index (Phi) is 3.93. The molecule has 0 aromatic heterocycles. The lowest BCUT2D eigenvalue weighted by atomic mass is 10.1. The number of piperazine rings is 1. The van der Waals surface area contributed by atoms with Crippen molar-refractivity contribution in [1.82, 2.24) is 15.1 Å². The number of likely N-dealkylation sites (N-methyl/N-ethyl adjacent to an activating group) is 1. The van der Waals surface area contributed by atoms with Crippen LogP contribution in [0.4, 0.5) is 0 Å². The summed E-state index contributed by atoms with van der Waals surface area (Å²) < 4.78 is 0. The van der Waals surface area contributed by atoms with Gasteiger partial charge in [-0.05, 0) is 0 Å². The first kappa shape index (κ1) is 11.0. The molecular weight excluding hydrogens is 178 g/mol. The predicted octanol–water partition coefficient (Wildman–Crippen LogP) is -1.02. The van der Waals surface area contributed by atoms with E-state index in [1.165, 1.54) is 0 Å². The molecule has 1 fully saturated rings. The van der Waals surface area contributed by atoms with E-state index in [-0.39, 0.29) is 11.9 Å². The van der Waals surface area contributed by atoms with Crippen molar-refractivity contribution >= 4 is 5.91 Å². The Morgan fingerprint density at radius 1 is 1.71 bits per heavy atom. The molecule has 0 bridgehead atoms. The molecule has 1 aliphatic rings. The van der Waals surface area contributed by atoms with Gasteiger partial charge in [-0.2, -0.15) is 0 Å². The molecule has 0 aromatic rings. The van der Waals surface area contributed by atoms with E-state index in [9.17, 15) is 4.79 Å². The summed E-state index contributed by atoms with van der Waals surface area (Å²) in [5.74, 6) is 2.71. The highest BCUT2D eigenvalue weighted by Crippen LogP contribution is 2.04. The van der Waals surface area contributed by atoms with E-state index in [1.807, 2.05) is 4.90 Å². The lowest BCUT2D eigenvalue weighted by Gasteiger charge is -2.35. The molecule has 0 saturated carbocycles. The Labute approximate surface area is 85.2 Å². The van der Waals surface area contributed by atoms with Crippen LogP contribution in [-0.4, -0.2) is 62.0 Å². The van der Waals surface area contributed by atoms with Gasteiger partial charge in [-0.3, -0.25) is 9.69 Å². The second-order valence-corrected chi connectivity index (χ2v) is 3.63. The van der Waals surface area contributed by atoms with Gasteiger partial charge in [-0.15, -0.1) is 6.42 Å². The number of carbonyl (C=O) groups is 1. The highest BCUT2D eigenvalue weighted by molar-refractivity contribution is 5.81. The predicted molar refractivity (Wildman–Crippen MR) is 55.8 cm³/mol. The molecule has 1 saturated heterocycles. The number of terminal acetylenes is 1. The molecule has 1 atom stereocenters. The van der Waals surface area contributed by atoms with Gasteiger partial charge in [0.05, 0.1) is 6.54 Å². The van der Waals surface area contributed by atoms with Gasteiger partial charge < -0.3 is 10.2 Å². The summed E-state index contributed by atoms with van der Waals surface area (Å²) in [5.41, 5.74) is 0. The summed E-state index contributed by atoms with van der Waals surface area (Å²) in [6, 6.07) is -0.102. The normalized spacial score (nSPS) is 22.8. The van der Waals surface area contributed by atoms with Crippen molar-refractivity contribution in [2.75, 3.05) is 40.3 Å². The molecule has 0 aromatic carbocycles. The highest BCUT2D eigenvalue weighted by atomic mass is 16.2. The SMILES string of the molecule is C#CCN1CCNCC1C(=O)N(C)C. The van der Waals surface area contributed by atoms with Crippen molar-refractivity contribution < 1.29 is 4.79 Å². The lowest BCUT2D eigenvalue weighted by Crippen LogP contribution is -2.57. The van der Waals surface area contributed by atoms with E-state index < -0.39 is 0 Å². The second kappa shape index (κ2) is 4.99. The van der Waals surface area contributed by atoms with E-state index in [0.29, 0.717) is 13.1 Å². The number of nitrogens with zero attached hydrogens (tertiary/aromatic N) is 2. The maximum Gasteiger partial charge on any atom is 0.240 e. The molecule has 1 N–H and O–H groups in total. The molecule has 4 nitrogen and oxygen atoms in total. The number of carbonyl (C=O) groups excluding carboxylic acids is 1. The minimum atomic E-state index is -0.102. The summed E-state index contributed by atoms with van der Waals surface area (Å²) in [6.45, 7) is 2.98. The fraction of sp³-hybridized carbons (Fsp3) is 0.700. The summed E-state index contributed by atoms with van der Waals surface area (Å²) in [5, 5.41) is 3.20. The molecule has 4 heteroatoms. The summed E-state index contributed by atoms with van der Waals surface area (Å²) in [6.07, 6.45) is 5.26. The molecule has 78 valence electrons. The van der Waals surface area contributed by atoms with Crippen LogP contribution in [0.5, 0.6) is 0 Å². The molecule has 14 heavy (non-hydrogen) atoms. The quantitative estimate of drug-likeness (QED) is 0.573. The maximum atomic E-state index is 11.8. The highest BCUT2D eigenvalue weighted by Gasteiger charge is 2.28.